The molecule has 11 nitrogen and oxygen atoms in total. The van der Waals surface area contributed by atoms with Crippen LogP contribution in [0.2, 0.25) is 0 Å². The lowest BCUT2D eigenvalue weighted by Crippen LogP contribution is -2.35. The van der Waals surface area contributed by atoms with Crippen molar-refractivity contribution in [2.24, 2.45) is 16.5 Å². The molecule has 5 rings (SSSR count). The van der Waals surface area contributed by atoms with Crippen LogP contribution >= 0.6 is 11.3 Å². The van der Waals surface area contributed by atoms with Crippen LogP contribution in [0, 0.1) is 0 Å². The Morgan fingerprint density at radius 2 is 1.74 bits per heavy atom. The minimum Gasteiger partial charge on any atom is -0.480 e. The van der Waals surface area contributed by atoms with Gasteiger partial charge in [-0.05, 0) is 95.4 Å². The molecule has 1 amide bonds. The zero-order valence-electron chi connectivity index (χ0n) is 22.9. The fraction of sp³-hybridized carbons (Fsp3) is 0.194. The highest BCUT2D eigenvalue weighted by Gasteiger charge is 2.28. The van der Waals surface area contributed by atoms with Crippen LogP contribution in [-0.4, -0.2) is 51.4 Å². The Kier molecular flexibility index (Phi) is 8.39. The number of aliphatic imine (C=N–C) groups is 1. The van der Waals surface area contributed by atoms with Crippen molar-refractivity contribution in [2.45, 2.75) is 31.7 Å². The molecule has 1 aromatic heterocycles. The van der Waals surface area contributed by atoms with Gasteiger partial charge in [0.1, 0.15) is 17.2 Å². The number of aryl methyl sites for hydroxylation is 1. The van der Waals surface area contributed by atoms with Crippen molar-refractivity contribution in [3.63, 3.8) is 0 Å². The summed E-state index contributed by atoms with van der Waals surface area (Å²) in [6.45, 7) is -0.372. The molecule has 0 saturated heterocycles. The summed E-state index contributed by atoms with van der Waals surface area (Å²) in [6, 6.07) is 18.6. The van der Waals surface area contributed by atoms with Gasteiger partial charge in [0.05, 0.1) is 11.3 Å². The number of nitrogens with two attached hydrogens (primary N) is 2. The number of aromatic carboxylic acids is 1. The van der Waals surface area contributed by atoms with E-state index in [2.05, 4.69) is 4.99 Å². The summed E-state index contributed by atoms with van der Waals surface area (Å²) in [5, 5.41) is 19.5. The minimum atomic E-state index is -1.12. The first-order chi connectivity index (χ1) is 20.5. The molecule has 0 spiro atoms. The minimum absolute atomic E-state index is 0.0841. The van der Waals surface area contributed by atoms with E-state index >= 15 is 0 Å². The molecule has 0 fully saturated rings. The zero-order valence-corrected chi connectivity index (χ0v) is 23.7. The van der Waals surface area contributed by atoms with Gasteiger partial charge in [0.25, 0.3) is 0 Å². The van der Waals surface area contributed by atoms with Gasteiger partial charge in [-0.1, -0.05) is 12.1 Å². The van der Waals surface area contributed by atoms with E-state index in [1.807, 2.05) is 6.07 Å². The quantitative estimate of drug-likeness (QED) is 0.0893. The summed E-state index contributed by atoms with van der Waals surface area (Å²) >= 11 is 1.16. The number of aliphatic carboxylic acids is 1. The molecule has 1 unspecified atom stereocenters. The van der Waals surface area contributed by atoms with Crippen molar-refractivity contribution in [1.29, 1.82) is 0 Å². The van der Waals surface area contributed by atoms with Gasteiger partial charge in [-0.15, -0.1) is 11.3 Å². The maximum absolute atomic E-state index is 13.4. The van der Waals surface area contributed by atoms with Crippen LogP contribution in [0.1, 0.15) is 55.5 Å². The standard InChI is InChI=1S/C31H28N4O7S/c32-31(33)34-22-6-4-18(5-7-22)30(41)42-23-8-9-24-19(12-23)2-3-20(24)14-27(36)35(16-28(37)38)15-17-1-10-25-21(11-17)13-26(43-25)29(39)40/h1,4-13,20H,2-3,14-16H2,(H,37,38)(H,39,40)(H4,32,33,34). The molecule has 6 N–H and O–H groups in total. The van der Waals surface area contributed by atoms with Crippen LogP contribution < -0.4 is 16.2 Å². The third kappa shape index (κ3) is 6.99. The van der Waals surface area contributed by atoms with Crippen LogP contribution in [0.5, 0.6) is 5.75 Å². The number of benzene rings is 3. The second-order valence-electron chi connectivity index (χ2n) is 10.2. The Balaban J connectivity index is 1.25. The van der Waals surface area contributed by atoms with Gasteiger partial charge in [-0.25, -0.2) is 14.6 Å². The molecule has 1 heterocycles. The van der Waals surface area contributed by atoms with Gasteiger partial charge in [-0.3, -0.25) is 9.59 Å². The number of carboxylic acids is 2. The molecule has 3 aromatic carbocycles. The first kappa shape index (κ1) is 29.3. The van der Waals surface area contributed by atoms with Crippen molar-refractivity contribution < 1.29 is 34.1 Å². The summed E-state index contributed by atoms with van der Waals surface area (Å²) < 4.78 is 6.36. The monoisotopic (exact) mass is 600 g/mol. The van der Waals surface area contributed by atoms with Crippen LogP contribution in [0.25, 0.3) is 10.1 Å². The smallest absolute Gasteiger partial charge is 0.345 e. The van der Waals surface area contributed by atoms with Gasteiger partial charge < -0.3 is 31.3 Å². The molecule has 0 aliphatic heterocycles. The third-order valence-electron chi connectivity index (χ3n) is 7.15. The summed E-state index contributed by atoms with van der Waals surface area (Å²) in [4.78, 5) is 54.4. The van der Waals surface area contributed by atoms with Gasteiger partial charge >= 0.3 is 17.9 Å². The number of thiophene rings is 1. The number of guanidine groups is 1. The van der Waals surface area contributed by atoms with Gasteiger partial charge in [0.2, 0.25) is 5.91 Å². The van der Waals surface area contributed by atoms with E-state index in [4.69, 9.17) is 16.2 Å². The number of hydrogen-bond acceptors (Lipinski definition) is 7. The number of amides is 1. The SMILES string of the molecule is NC(N)=Nc1ccc(C(=O)Oc2ccc3c(c2)CCC3CC(=O)N(CC(=O)O)Cc2ccc3sc(C(=O)O)cc3c2)cc1. The van der Waals surface area contributed by atoms with Gasteiger partial charge in [0, 0.05) is 17.7 Å². The van der Waals surface area contributed by atoms with E-state index in [0.717, 1.165) is 32.5 Å². The predicted molar refractivity (Wildman–Crippen MR) is 161 cm³/mol. The number of carboxylic acid groups (broad SMARTS) is 2. The Labute approximate surface area is 250 Å². The lowest BCUT2D eigenvalue weighted by atomic mass is 9.97. The molecule has 4 aromatic rings. The summed E-state index contributed by atoms with van der Waals surface area (Å²) in [5.74, 6) is -2.78. The van der Waals surface area contributed by atoms with Crippen molar-refractivity contribution in [3.05, 3.63) is 93.9 Å². The van der Waals surface area contributed by atoms with Crippen LogP contribution in [-0.2, 0) is 22.6 Å². The predicted octanol–water partition coefficient (Wildman–Crippen LogP) is 4.26. The highest BCUT2D eigenvalue weighted by molar-refractivity contribution is 7.20. The Morgan fingerprint density at radius 3 is 2.44 bits per heavy atom. The van der Waals surface area contributed by atoms with E-state index in [1.165, 1.54) is 4.90 Å². The first-order valence-corrected chi connectivity index (χ1v) is 14.2. The number of nitrogens with zero attached hydrogens (tertiary/aromatic N) is 2. The number of carbonyl (C=O) groups is 4. The fourth-order valence-corrected chi connectivity index (χ4v) is 6.08. The van der Waals surface area contributed by atoms with Crippen LogP contribution in [0.15, 0.2) is 71.7 Å². The van der Waals surface area contributed by atoms with E-state index in [-0.39, 0.29) is 35.6 Å². The summed E-state index contributed by atoms with van der Waals surface area (Å²) in [7, 11) is 0. The molecule has 1 atom stereocenters. The molecule has 1 aliphatic rings. The highest BCUT2D eigenvalue weighted by Crippen LogP contribution is 2.38. The van der Waals surface area contributed by atoms with E-state index in [9.17, 15) is 29.4 Å². The molecule has 1 aliphatic carbocycles. The summed E-state index contributed by atoms with van der Waals surface area (Å²) in [5.41, 5.74) is 14.2. The first-order valence-electron chi connectivity index (χ1n) is 13.4. The van der Waals surface area contributed by atoms with E-state index in [1.54, 1.807) is 60.7 Å². The van der Waals surface area contributed by atoms with Crippen molar-refractivity contribution in [3.8, 4) is 5.75 Å². The second-order valence-corrected chi connectivity index (χ2v) is 11.3. The topological polar surface area (TPSA) is 186 Å². The molecule has 0 bridgehead atoms. The average Bonchev–Trinajstić information content (AvgIpc) is 3.56. The second kappa shape index (κ2) is 12.3. The number of esters is 1. The Hall–Kier alpha value is -5.23. The summed E-state index contributed by atoms with van der Waals surface area (Å²) in [6.07, 6.45) is 1.52. The third-order valence-corrected chi connectivity index (χ3v) is 8.26. The zero-order chi connectivity index (χ0) is 30.7. The Morgan fingerprint density at radius 1 is 0.977 bits per heavy atom. The lowest BCUT2D eigenvalue weighted by molar-refractivity contribution is -0.145. The fourth-order valence-electron chi connectivity index (χ4n) is 5.20. The molecule has 0 radical (unpaired) electrons. The van der Waals surface area contributed by atoms with Crippen LogP contribution in [0.3, 0.4) is 0 Å². The number of ether oxygens (including phenoxy) is 1. The number of fused-ring (bicyclic) bond motifs is 2. The molecule has 43 heavy (non-hydrogen) atoms. The maximum atomic E-state index is 13.4. The molecule has 0 saturated carbocycles. The van der Waals surface area contributed by atoms with Crippen molar-refractivity contribution in [1.82, 2.24) is 4.90 Å². The molecular formula is C31H28N4O7S. The largest absolute Gasteiger partial charge is 0.480 e. The highest BCUT2D eigenvalue weighted by atomic mass is 32.1. The lowest BCUT2D eigenvalue weighted by Gasteiger charge is -2.23. The molecular weight excluding hydrogens is 572 g/mol. The van der Waals surface area contributed by atoms with Crippen LogP contribution in [0.4, 0.5) is 5.69 Å². The van der Waals surface area contributed by atoms with E-state index in [0.29, 0.717) is 35.4 Å². The number of carbonyl (C=O) groups excluding carboxylic acids is 2. The number of hydrogen-bond donors (Lipinski definition) is 4. The molecule has 220 valence electrons. The average molecular weight is 601 g/mol. The Bertz CT molecular complexity index is 1760. The number of rotatable bonds is 10. The van der Waals surface area contributed by atoms with E-state index < -0.39 is 24.5 Å². The van der Waals surface area contributed by atoms with Gasteiger partial charge in [-0.2, -0.15) is 0 Å². The van der Waals surface area contributed by atoms with Crippen molar-refractivity contribution in [2.75, 3.05) is 6.54 Å². The van der Waals surface area contributed by atoms with Gasteiger partial charge in [0.15, 0.2) is 5.96 Å². The normalized spacial score (nSPS) is 13.7. The molecule has 12 heteroatoms. The maximum Gasteiger partial charge on any atom is 0.345 e. The van der Waals surface area contributed by atoms with Crippen molar-refractivity contribution >= 4 is 56.9 Å².